The Morgan fingerprint density at radius 1 is 1.27 bits per heavy atom. The topological polar surface area (TPSA) is 72.9 Å². The fourth-order valence-electron chi connectivity index (χ4n) is 2.90. The van der Waals surface area contributed by atoms with Gasteiger partial charge in [0, 0.05) is 26.1 Å². The lowest BCUT2D eigenvalue weighted by atomic mass is 9.91. The second kappa shape index (κ2) is 8.39. The minimum atomic E-state index is -3.54. The Labute approximate surface area is 156 Å². The molecule has 26 heavy (non-hydrogen) atoms. The fourth-order valence-corrected chi connectivity index (χ4v) is 3.36. The van der Waals surface area contributed by atoms with Gasteiger partial charge in [-0.3, -0.25) is 4.79 Å². The van der Waals surface area contributed by atoms with Crippen molar-refractivity contribution in [3.63, 3.8) is 0 Å². The van der Waals surface area contributed by atoms with Gasteiger partial charge in [0.2, 0.25) is 5.91 Å². The highest BCUT2D eigenvalue weighted by atomic mass is 32.2. The van der Waals surface area contributed by atoms with Gasteiger partial charge in [0.1, 0.15) is 5.75 Å². The molecule has 0 spiro atoms. The smallest absolute Gasteiger partial charge is 0.306 e. The number of rotatable bonds is 7. The van der Waals surface area contributed by atoms with Crippen LogP contribution in [-0.2, 0) is 26.2 Å². The summed E-state index contributed by atoms with van der Waals surface area (Å²) in [6.07, 6.45) is 3.57. The standard InChI is InChI=1S/C19H29NO5S/c1-19(2,3)12-18(21)20(14-17-6-5-11-24-17)13-15-7-9-16(10-8-15)25-26(4,22)23/h7-10,17H,5-6,11-14H2,1-4H3/t17-/m0/s1. The van der Waals surface area contributed by atoms with E-state index in [0.29, 0.717) is 19.5 Å². The minimum Gasteiger partial charge on any atom is -0.383 e. The molecule has 1 aliphatic rings. The minimum absolute atomic E-state index is 0.0843. The first-order valence-electron chi connectivity index (χ1n) is 8.90. The van der Waals surface area contributed by atoms with Crippen LogP contribution in [0.2, 0.25) is 0 Å². The van der Waals surface area contributed by atoms with Crippen molar-refractivity contribution < 1.29 is 22.1 Å². The molecule has 1 aliphatic heterocycles. The van der Waals surface area contributed by atoms with E-state index >= 15 is 0 Å². The molecule has 1 amide bonds. The van der Waals surface area contributed by atoms with Crippen LogP contribution in [0, 0.1) is 5.41 Å². The third-order valence-corrected chi connectivity index (χ3v) is 4.52. The van der Waals surface area contributed by atoms with E-state index in [-0.39, 0.29) is 23.2 Å². The lowest BCUT2D eigenvalue weighted by molar-refractivity contribution is -0.135. The van der Waals surface area contributed by atoms with Crippen molar-refractivity contribution in [2.75, 3.05) is 19.4 Å². The molecule has 0 aliphatic carbocycles. The van der Waals surface area contributed by atoms with E-state index in [9.17, 15) is 13.2 Å². The van der Waals surface area contributed by atoms with Crippen molar-refractivity contribution >= 4 is 16.0 Å². The first kappa shape index (κ1) is 20.7. The second-order valence-electron chi connectivity index (χ2n) is 8.08. The Balaban J connectivity index is 2.08. The molecule has 1 aromatic rings. The fraction of sp³-hybridized carbons (Fsp3) is 0.632. The Hall–Kier alpha value is -1.60. The highest BCUT2D eigenvalue weighted by Gasteiger charge is 2.25. The summed E-state index contributed by atoms with van der Waals surface area (Å²) in [5.41, 5.74) is 0.838. The zero-order valence-corrected chi connectivity index (χ0v) is 16.8. The normalized spacial score (nSPS) is 17.9. The zero-order valence-electron chi connectivity index (χ0n) is 16.0. The van der Waals surface area contributed by atoms with Gasteiger partial charge in [-0.2, -0.15) is 8.42 Å². The number of benzene rings is 1. The van der Waals surface area contributed by atoms with Gasteiger partial charge in [-0.1, -0.05) is 32.9 Å². The first-order valence-corrected chi connectivity index (χ1v) is 10.7. The molecule has 1 atom stereocenters. The van der Waals surface area contributed by atoms with Crippen LogP contribution in [0.4, 0.5) is 0 Å². The van der Waals surface area contributed by atoms with Crippen LogP contribution in [0.15, 0.2) is 24.3 Å². The van der Waals surface area contributed by atoms with Crippen molar-refractivity contribution in [1.29, 1.82) is 0 Å². The summed E-state index contributed by atoms with van der Waals surface area (Å²) in [6, 6.07) is 6.78. The van der Waals surface area contributed by atoms with Crippen molar-refractivity contribution in [1.82, 2.24) is 4.90 Å². The first-order chi connectivity index (χ1) is 12.0. The molecule has 0 radical (unpaired) electrons. The number of amides is 1. The maximum Gasteiger partial charge on any atom is 0.306 e. The van der Waals surface area contributed by atoms with Crippen molar-refractivity contribution in [3.8, 4) is 5.75 Å². The molecule has 0 bridgehead atoms. The quantitative estimate of drug-likeness (QED) is 0.677. The molecule has 7 heteroatoms. The van der Waals surface area contributed by atoms with Gasteiger partial charge < -0.3 is 13.8 Å². The van der Waals surface area contributed by atoms with Gasteiger partial charge in [0.05, 0.1) is 12.4 Å². The average Bonchev–Trinajstić information content (AvgIpc) is 2.98. The summed E-state index contributed by atoms with van der Waals surface area (Å²) < 4.78 is 32.9. The summed E-state index contributed by atoms with van der Waals surface area (Å²) in [6.45, 7) is 7.94. The third-order valence-electron chi connectivity index (χ3n) is 4.03. The van der Waals surface area contributed by atoms with Gasteiger partial charge >= 0.3 is 10.1 Å². The highest BCUT2D eigenvalue weighted by Crippen LogP contribution is 2.23. The Kier molecular flexibility index (Phi) is 6.69. The van der Waals surface area contributed by atoms with Crippen molar-refractivity contribution in [3.05, 3.63) is 29.8 Å². The number of carbonyl (C=O) groups excluding carboxylic acids is 1. The van der Waals surface area contributed by atoms with E-state index < -0.39 is 10.1 Å². The summed E-state index contributed by atoms with van der Waals surface area (Å²) in [7, 11) is -3.54. The zero-order chi connectivity index (χ0) is 19.4. The van der Waals surface area contributed by atoms with Crippen LogP contribution in [0.25, 0.3) is 0 Å². The van der Waals surface area contributed by atoms with Crippen LogP contribution in [0.1, 0.15) is 45.6 Å². The summed E-state index contributed by atoms with van der Waals surface area (Å²) in [5.74, 6) is 0.368. The second-order valence-corrected chi connectivity index (χ2v) is 9.65. The molecular weight excluding hydrogens is 354 g/mol. The van der Waals surface area contributed by atoms with E-state index in [1.807, 2.05) is 25.7 Å². The third kappa shape index (κ3) is 7.33. The van der Waals surface area contributed by atoms with Gasteiger partial charge in [0.25, 0.3) is 0 Å². The Morgan fingerprint density at radius 3 is 2.42 bits per heavy atom. The van der Waals surface area contributed by atoms with Gasteiger partial charge in [-0.15, -0.1) is 0 Å². The van der Waals surface area contributed by atoms with E-state index in [2.05, 4.69) is 0 Å². The monoisotopic (exact) mass is 383 g/mol. The molecule has 0 unspecified atom stereocenters. The SMILES string of the molecule is CC(C)(C)CC(=O)N(Cc1ccc(OS(C)(=O)=O)cc1)C[C@@H]1CCCO1. The number of carbonyl (C=O) groups is 1. The molecule has 6 nitrogen and oxygen atoms in total. The van der Waals surface area contributed by atoms with E-state index in [4.69, 9.17) is 8.92 Å². The number of ether oxygens (including phenoxy) is 1. The van der Waals surface area contributed by atoms with Crippen LogP contribution < -0.4 is 4.18 Å². The molecule has 0 N–H and O–H groups in total. The molecule has 1 aromatic carbocycles. The van der Waals surface area contributed by atoms with Gasteiger partial charge in [0.15, 0.2) is 0 Å². The Bertz CT molecular complexity index is 700. The molecule has 146 valence electrons. The predicted molar refractivity (Wildman–Crippen MR) is 100 cm³/mol. The van der Waals surface area contributed by atoms with E-state index in [0.717, 1.165) is 31.3 Å². The largest absolute Gasteiger partial charge is 0.383 e. The van der Waals surface area contributed by atoms with Gasteiger partial charge in [-0.25, -0.2) is 0 Å². The molecule has 0 saturated carbocycles. The van der Waals surface area contributed by atoms with Crippen molar-refractivity contribution in [2.24, 2.45) is 5.41 Å². The number of hydrogen-bond donors (Lipinski definition) is 0. The lowest BCUT2D eigenvalue weighted by Crippen LogP contribution is -2.38. The maximum absolute atomic E-state index is 12.8. The lowest BCUT2D eigenvalue weighted by Gasteiger charge is -2.29. The highest BCUT2D eigenvalue weighted by molar-refractivity contribution is 7.86. The summed E-state index contributed by atoms with van der Waals surface area (Å²) >= 11 is 0. The van der Waals surface area contributed by atoms with E-state index in [1.165, 1.54) is 0 Å². The average molecular weight is 384 g/mol. The maximum atomic E-state index is 12.8. The van der Waals surface area contributed by atoms with Gasteiger partial charge in [-0.05, 0) is 36.0 Å². The number of hydrogen-bond acceptors (Lipinski definition) is 5. The van der Waals surface area contributed by atoms with Crippen LogP contribution >= 0.6 is 0 Å². The van der Waals surface area contributed by atoms with E-state index in [1.54, 1.807) is 24.3 Å². The van der Waals surface area contributed by atoms with Crippen LogP contribution in [0.5, 0.6) is 5.75 Å². The molecule has 2 rings (SSSR count). The predicted octanol–water partition coefficient (Wildman–Crippen LogP) is 2.97. The van der Waals surface area contributed by atoms with Crippen LogP contribution in [-0.4, -0.2) is 44.7 Å². The summed E-state index contributed by atoms with van der Waals surface area (Å²) in [5, 5.41) is 0. The number of nitrogens with zero attached hydrogens (tertiary/aromatic N) is 1. The molecule has 1 heterocycles. The van der Waals surface area contributed by atoms with Crippen LogP contribution in [0.3, 0.4) is 0 Å². The molecule has 1 saturated heterocycles. The molecular formula is C19H29NO5S. The molecule has 1 fully saturated rings. The Morgan fingerprint density at radius 2 is 1.92 bits per heavy atom. The molecule has 0 aromatic heterocycles. The summed E-state index contributed by atoms with van der Waals surface area (Å²) in [4.78, 5) is 14.6. The van der Waals surface area contributed by atoms with Crippen molar-refractivity contribution in [2.45, 2.75) is 52.7 Å².